The summed E-state index contributed by atoms with van der Waals surface area (Å²) in [7, 11) is 1.59. The summed E-state index contributed by atoms with van der Waals surface area (Å²) >= 11 is 0.287. The molecular weight excluding hydrogens is 439 g/mol. The molecule has 0 aliphatic heterocycles. The summed E-state index contributed by atoms with van der Waals surface area (Å²) in [6, 6.07) is 24.7. The fraction of sp³-hybridized carbons (Fsp3) is 0.346. The van der Waals surface area contributed by atoms with Crippen LogP contribution >= 0.6 is 0 Å². The van der Waals surface area contributed by atoms with Gasteiger partial charge in [0.15, 0.2) is 0 Å². The molecule has 0 amide bonds. The van der Waals surface area contributed by atoms with Crippen molar-refractivity contribution in [3.8, 4) is 0 Å². The third-order valence-corrected chi connectivity index (χ3v) is 8.94. The Hall–Kier alpha value is -2.13. The molecule has 156 valence electrons. The molecule has 1 aliphatic rings. The zero-order valence-electron chi connectivity index (χ0n) is 17.5. The van der Waals surface area contributed by atoms with Crippen molar-refractivity contribution in [1.29, 1.82) is 0 Å². The molecule has 4 heteroatoms. The van der Waals surface area contributed by atoms with Crippen LogP contribution in [0.4, 0.5) is 0 Å². The van der Waals surface area contributed by atoms with E-state index in [-0.39, 0.29) is 27.0 Å². The molecule has 1 saturated carbocycles. The first-order valence-electron chi connectivity index (χ1n) is 10.6. The molecule has 0 saturated heterocycles. The predicted molar refractivity (Wildman–Crippen MR) is 122 cm³/mol. The average Bonchev–Trinajstić information content (AvgIpc) is 2.80. The van der Waals surface area contributed by atoms with Gasteiger partial charge in [0.25, 0.3) is 0 Å². The van der Waals surface area contributed by atoms with Gasteiger partial charge in [-0.2, -0.15) is 0 Å². The van der Waals surface area contributed by atoms with E-state index >= 15 is 0 Å². The zero-order valence-corrected chi connectivity index (χ0v) is 19.3. The minimum atomic E-state index is -1.14. The van der Waals surface area contributed by atoms with Gasteiger partial charge in [-0.3, -0.25) is 0 Å². The molecule has 0 N–H and O–H groups in total. The van der Waals surface area contributed by atoms with Crippen LogP contribution in [0.3, 0.4) is 0 Å². The normalized spacial score (nSPS) is 21.1. The minimum absolute atomic E-state index is 0.0455. The number of carbonyl (C=O) groups excluding carboxylic acids is 1. The Labute approximate surface area is 184 Å². The standard InChI is InChI=1S/C26H28O3Se/c1-26(28-2,22-16-10-12-19-11-6-7-15-21(19)22)25(27)29-23-17-8-9-18-24(23)30-20-13-4-3-5-14-20/h3-7,10-16,23-24H,8-9,17-18H2,1-2H3/t23-,24-,26+/m0/s1. The summed E-state index contributed by atoms with van der Waals surface area (Å²) in [5.41, 5.74) is -0.281. The quantitative estimate of drug-likeness (QED) is 0.378. The van der Waals surface area contributed by atoms with E-state index in [1.54, 1.807) is 7.11 Å². The third-order valence-electron chi connectivity index (χ3n) is 6.03. The fourth-order valence-electron chi connectivity index (χ4n) is 4.20. The Morgan fingerprint density at radius 3 is 2.43 bits per heavy atom. The van der Waals surface area contributed by atoms with Gasteiger partial charge in [-0.05, 0) is 0 Å². The van der Waals surface area contributed by atoms with Crippen molar-refractivity contribution in [2.24, 2.45) is 0 Å². The van der Waals surface area contributed by atoms with Crippen molar-refractivity contribution < 1.29 is 14.3 Å². The average molecular weight is 467 g/mol. The SMILES string of the molecule is CO[C@@](C)(C(=O)O[C@H]1CCCC[C@@H]1[Se]c1ccccc1)c1cccc2ccccc12. The molecule has 3 aromatic rings. The van der Waals surface area contributed by atoms with Gasteiger partial charge in [-0.25, -0.2) is 0 Å². The summed E-state index contributed by atoms with van der Waals surface area (Å²) in [6.07, 6.45) is 4.32. The van der Waals surface area contributed by atoms with Crippen molar-refractivity contribution >= 4 is 36.2 Å². The molecular formula is C26H28O3Se. The van der Waals surface area contributed by atoms with Crippen molar-refractivity contribution in [3.05, 3.63) is 78.4 Å². The van der Waals surface area contributed by atoms with Gasteiger partial charge in [0.05, 0.1) is 0 Å². The molecule has 0 unspecified atom stereocenters. The van der Waals surface area contributed by atoms with Crippen LogP contribution in [0.2, 0.25) is 4.82 Å². The van der Waals surface area contributed by atoms with E-state index in [0.717, 1.165) is 35.6 Å². The predicted octanol–water partition coefficient (Wildman–Crippen LogP) is 5.01. The van der Waals surface area contributed by atoms with Crippen LogP contribution in [0.5, 0.6) is 0 Å². The molecule has 4 rings (SSSR count). The molecule has 0 heterocycles. The number of carbonyl (C=O) groups is 1. The van der Waals surface area contributed by atoms with E-state index in [1.165, 1.54) is 10.9 Å². The Balaban J connectivity index is 1.58. The van der Waals surface area contributed by atoms with E-state index < -0.39 is 5.60 Å². The third kappa shape index (κ3) is 4.32. The molecule has 1 fully saturated rings. The van der Waals surface area contributed by atoms with Crippen LogP contribution in [0.1, 0.15) is 38.2 Å². The van der Waals surface area contributed by atoms with Gasteiger partial charge in [0.2, 0.25) is 0 Å². The summed E-state index contributed by atoms with van der Waals surface area (Å²) in [6.45, 7) is 1.83. The van der Waals surface area contributed by atoms with Gasteiger partial charge < -0.3 is 0 Å². The van der Waals surface area contributed by atoms with Crippen molar-refractivity contribution in [2.75, 3.05) is 7.11 Å². The van der Waals surface area contributed by atoms with E-state index in [9.17, 15) is 4.79 Å². The zero-order chi connectivity index (χ0) is 21.0. The molecule has 0 spiro atoms. The first-order valence-corrected chi connectivity index (χ1v) is 12.4. The van der Waals surface area contributed by atoms with E-state index in [0.29, 0.717) is 4.82 Å². The first kappa shape index (κ1) is 21.1. The molecule has 3 aromatic carbocycles. The molecule has 3 atom stereocenters. The number of methoxy groups -OCH3 is 1. The maximum absolute atomic E-state index is 13.5. The van der Waals surface area contributed by atoms with Crippen LogP contribution in [-0.2, 0) is 19.9 Å². The molecule has 0 aromatic heterocycles. The topological polar surface area (TPSA) is 35.5 Å². The molecule has 1 aliphatic carbocycles. The van der Waals surface area contributed by atoms with Crippen LogP contribution < -0.4 is 4.46 Å². The first-order chi connectivity index (χ1) is 14.6. The van der Waals surface area contributed by atoms with Crippen LogP contribution in [0, 0.1) is 0 Å². The number of hydrogen-bond acceptors (Lipinski definition) is 3. The number of ether oxygens (including phenoxy) is 2. The van der Waals surface area contributed by atoms with Crippen LogP contribution in [0.15, 0.2) is 72.8 Å². The van der Waals surface area contributed by atoms with Crippen molar-refractivity contribution in [3.63, 3.8) is 0 Å². The Bertz CT molecular complexity index is 998. The van der Waals surface area contributed by atoms with Gasteiger partial charge in [0.1, 0.15) is 0 Å². The number of benzene rings is 3. The van der Waals surface area contributed by atoms with Crippen LogP contribution in [-0.4, -0.2) is 34.1 Å². The summed E-state index contributed by atoms with van der Waals surface area (Å²) in [5.74, 6) is -0.290. The van der Waals surface area contributed by atoms with Crippen LogP contribution in [0.25, 0.3) is 10.8 Å². The van der Waals surface area contributed by atoms with Gasteiger partial charge in [0, 0.05) is 0 Å². The molecule has 3 nitrogen and oxygen atoms in total. The Kier molecular flexibility index (Phi) is 6.58. The van der Waals surface area contributed by atoms with E-state index in [4.69, 9.17) is 9.47 Å². The second kappa shape index (κ2) is 9.34. The fourth-order valence-corrected chi connectivity index (χ4v) is 6.91. The summed E-state index contributed by atoms with van der Waals surface area (Å²) in [4.78, 5) is 13.9. The second-order valence-electron chi connectivity index (χ2n) is 7.96. The van der Waals surface area contributed by atoms with Gasteiger partial charge >= 0.3 is 185 Å². The number of esters is 1. The molecule has 30 heavy (non-hydrogen) atoms. The van der Waals surface area contributed by atoms with Gasteiger partial charge in [-0.15, -0.1) is 0 Å². The van der Waals surface area contributed by atoms with Crippen molar-refractivity contribution in [1.82, 2.24) is 0 Å². The van der Waals surface area contributed by atoms with Crippen molar-refractivity contribution in [2.45, 2.75) is 49.1 Å². The Morgan fingerprint density at radius 1 is 0.933 bits per heavy atom. The monoisotopic (exact) mass is 468 g/mol. The molecule has 0 radical (unpaired) electrons. The van der Waals surface area contributed by atoms with Gasteiger partial charge in [-0.1, -0.05) is 0 Å². The number of rotatable bonds is 6. The number of hydrogen-bond donors (Lipinski definition) is 0. The second-order valence-corrected chi connectivity index (χ2v) is 10.7. The maximum atomic E-state index is 13.5. The number of fused-ring (bicyclic) bond motifs is 1. The Morgan fingerprint density at radius 2 is 1.63 bits per heavy atom. The summed E-state index contributed by atoms with van der Waals surface area (Å²) < 4.78 is 13.4. The summed E-state index contributed by atoms with van der Waals surface area (Å²) in [5, 5.41) is 2.11. The van der Waals surface area contributed by atoms with E-state index in [2.05, 4.69) is 36.4 Å². The van der Waals surface area contributed by atoms with E-state index in [1.807, 2.05) is 43.3 Å². The molecule has 0 bridgehead atoms.